The number of allylic oxidation sites excluding steroid dienone is 2. The summed E-state index contributed by atoms with van der Waals surface area (Å²) in [6.07, 6.45) is 6.99. The fraction of sp³-hybridized carbons (Fsp3) is 0.667. The Morgan fingerprint density at radius 3 is 2.93 bits per heavy atom. The molecule has 0 fully saturated rings. The molecule has 0 heterocycles. The second-order valence-corrected chi connectivity index (χ2v) is 4.00. The first-order valence-corrected chi connectivity index (χ1v) is 5.40. The minimum absolute atomic E-state index is 0.00435. The van der Waals surface area contributed by atoms with E-state index in [4.69, 9.17) is 10.00 Å². The molecule has 0 saturated heterocycles. The lowest BCUT2D eigenvalue weighted by atomic mass is 9.74. The number of hydrogen-bond acceptors (Lipinski definition) is 3. The van der Waals surface area contributed by atoms with Crippen LogP contribution < -0.4 is 0 Å². The van der Waals surface area contributed by atoms with Crippen LogP contribution in [-0.4, -0.2) is 12.6 Å². The van der Waals surface area contributed by atoms with Crippen LogP contribution in [0.15, 0.2) is 12.2 Å². The van der Waals surface area contributed by atoms with E-state index >= 15 is 0 Å². The highest BCUT2D eigenvalue weighted by Crippen LogP contribution is 2.35. The minimum Gasteiger partial charge on any atom is -0.465 e. The standard InChI is InChI=1S/C12H17NO2/c1-3-15-11(14)12(2,9-13)10-7-5-4-6-8-10/h5,7,10H,3-4,6,8H2,1-2H3/t10-,12-/m0/s1. The van der Waals surface area contributed by atoms with Gasteiger partial charge in [-0.3, -0.25) is 4.79 Å². The third kappa shape index (κ3) is 2.38. The van der Waals surface area contributed by atoms with Crippen LogP contribution in [0.25, 0.3) is 0 Å². The van der Waals surface area contributed by atoms with Gasteiger partial charge in [-0.05, 0) is 33.1 Å². The maximum Gasteiger partial charge on any atom is 0.326 e. The number of nitrogens with zero attached hydrogens (tertiary/aromatic N) is 1. The molecule has 0 amide bonds. The van der Waals surface area contributed by atoms with Gasteiger partial charge in [0.1, 0.15) is 0 Å². The number of rotatable bonds is 3. The zero-order valence-corrected chi connectivity index (χ0v) is 9.32. The number of hydrogen-bond donors (Lipinski definition) is 0. The Bertz CT molecular complexity index is 303. The van der Waals surface area contributed by atoms with Gasteiger partial charge in [-0.15, -0.1) is 0 Å². The fourth-order valence-electron chi connectivity index (χ4n) is 1.85. The molecule has 0 bridgehead atoms. The van der Waals surface area contributed by atoms with E-state index in [9.17, 15) is 4.79 Å². The Hall–Kier alpha value is -1.30. The molecule has 0 aliphatic heterocycles. The van der Waals surface area contributed by atoms with Crippen molar-refractivity contribution in [3.05, 3.63) is 12.2 Å². The number of ether oxygens (including phenoxy) is 1. The van der Waals surface area contributed by atoms with E-state index in [-0.39, 0.29) is 5.92 Å². The van der Waals surface area contributed by atoms with Crippen LogP contribution in [0.3, 0.4) is 0 Å². The summed E-state index contributed by atoms with van der Waals surface area (Å²) in [6.45, 7) is 3.75. The molecule has 0 aromatic rings. The molecule has 0 saturated carbocycles. The highest BCUT2D eigenvalue weighted by Gasteiger charge is 2.42. The van der Waals surface area contributed by atoms with Gasteiger partial charge >= 0.3 is 5.97 Å². The van der Waals surface area contributed by atoms with E-state index in [0.29, 0.717) is 6.61 Å². The van der Waals surface area contributed by atoms with Crippen molar-refractivity contribution in [1.29, 1.82) is 5.26 Å². The van der Waals surface area contributed by atoms with Gasteiger partial charge in [0.15, 0.2) is 5.41 Å². The summed E-state index contributed by atoms with van der Waals surface area (Å²) in [6, 6.07) is 2.11. The van der Waals surface area contributed by atoms with Crippen LogP contribution in [0.5, 0.6) is 0 Å². The molecule has 3 nitrogen and oxygen atoms in total. The molecule has 1 aliphatic carbocycles. The molecule has 1 rings (SSSR count). The maximum absolute atomic E-state index is 11.7. The van der Waals surface area contributed by atoms with Gasteiger partial charge in [0.25, 0.3) is 0 Å². The first-order valence-electron chi connectivity index (χ1n) is 5.40. The molecule has 0 aromatic heterocycles. The first kappa shape index (κ1) is 11.8. The summed E-state index contributed by atoms with van der Waals surface area (Å²) in [5.74, 6) is -0.403. The summed E-state index contributed by atoms with van der Waals surface area (Å²) >= 11 is 0. The van der Waals surface area contributed by atoms with Crippen molar-refractivity contribution >= 4 is 5.97 Å². The number of nitriles is 1. The minimum atomic E-state index is -1.02. The summed E-state index contributed by atoms with van der Waals surface area (Å²) in [4.78, 5) is 11.7. The Morgan fingerprint density at radius 2 is 2.47 bits per heavy atom. The molecule has 0 radical (unpaired) electrons. The van der Waals surface area contributed by atoms with Crippen molar-refractivity contribution in [3.63, 3.8) is 0 Å². The lowest BCUT2D eigenvalue weighted by Gasteiger charge is -2.28. The molecule has 0 spiro atoms. The van der Waals surface area contributed by atoms with Crippen molar-refractivity contribution < 1.29 is 9.53 Å². The van der Waals surface area contributed by atoms with E-state index in [1.54, 1.807) is 13.8 Å². The van der Waals surface area contributed by atoms with Gasteiger partial charge in [-0.2, -0.15) is 5.26 Å². The summed E-state index contributed by atoms with van der Waals surface area (Å²) < 4.78 is 4.96. The van der Waals surface area contributed by atoms with Crippen molar-refractivity contribution in [3.8, 4) is 6.07 Å². The quantitative estimate of drug-likeness (QED) is 0.527. The topological polar surface area (TPSA) is 50.1 Å². The van der Waals surface area contributed by atoms with Gasteiger partial charge in [0, 0.05) is 5.92 Å². The average molecular weight is 207 g/mol. The van der Waals surface area contributed by atoms with Crippen LogP contribution in [0.1, 0.15) is 33.1 Å². The van der Waals surface area contributed by atoms with Crippen molar-refractivity contribution in [1.82, 2.24) is 0 Å². The summed E-state index contributed by atoms with van der Waals surface area (Å²) in [5.41, 5.74) is -1.02. The largest absolute Gasteiger partial charge is 0.465 e. The molecule has 1 aliphatic rings. The Labute approximate surface area is 90.7 Å². The van der Waals surface area contributed by atoms with Crippen molar-refractivity contribution in [2.24, 2.45) is 11.3 Å². The molecule has 0 unspecified atom stereocenters. The van der Waals surface area contributed by atoms with Gasteiger partial charge in [0.05, 0.1) is 12.7 Å². The van der Waals surface area contributed by atoms with Crippen LogP contribution in [-0.2, 0) is 9.53 Å². The third-order valence-electron chi connectivity index (χ3n) is 2.93. The highest BCUT2D eigenvalue weighted by molar-refractivity contribution is 5.80. The Balaban J connectivity index is 2.84. The maximum atomic E-state index is 11.7. The SMILES string of the molecule is CCOC(=O)[C@@](C)(C#N)[C@H]1C=CCCC1. The lowest BCUT2D eigenvalue weighted by Crippen LogP contribution is -2.36. The van der Waals surface area contributed by atoms with Crippen molar-refractivity contribution in [2.45, 2.75) is 33.1 Å². The number of carbonyl (C=O) groups is 1. The molecular weight excluding hydrogens is 190 g/mol. The molecule has 15 heavy (non-hydrogen) atoms. The van der Waals surface area contributed by atoms with Crippen LogP contribution in [0, 0.1) is 22.7 Å². The predicted molar refractivity (Wildman–Crippen MR) is 56.8 cm³/mol. The average Bonchev–Trinajstić information content (AvgIpc) is 2.29. The van der Waals surface area contributed by atoms with Gasteiger partial charge in [-0.1, -0.05) is 12.2 Å². The zero-order valence-electron chi connectivity index (χ0n) is 9.32. The van der Waals surface area contributed by atoms with E-state index in [1.807, 2.05) is 12.2 Å². The molecule has 3 heteroatoms. The fourth-order valence-corrected chi connectivity index (χ4v) is 1.85. The molecule has 0 aromatic carbocycles. The molecule has 2 atom stereocenters. The second-order valence-electron chi connectivity index (χ2n) is 4.00. The molecular formula is C12H17NO2. The summed E-state index contributed by atoms with van der Waals surface area (Å²) in [7, 11) is 0. The van der Waals surface area contributed by atoms with Gasteiger partial charge in [-0.25, -0.2) is 0 Å². The molecule has 82 valence electrons. The third-order valence-corrected chi connectivity index (χ3v) is 2.93. The van der Waals surface area contributed by atoms with Crippen LogP contribution in [0.4, 0.5) is 0 Å². The molecule has 0 N–H and O–H groups in total. The Morgan fingerprint density at radius 1 is 1.73 bits per heavy atom. The van der Waals surface area contributed by atoms with E-state index < -0.39 is 11.4 Å². The van der Waals surface area contributed by atoms with Crippen LogP contribution >= 0.6 is 0 Å². The monoisotopic (exact) mass is 207 g/mol. The lowest BCUT2D eigenvalue weighted by molar-refractivity contribution is -0.153. The van der Waals surface area contributed by atoms with E-state index in [0.717, 1.165) is 19.3 Å². The Kier molecular flexibility index (Phi) is 3.90. The summed E-state index contributed by atoms with van der Waals surface area (Å²) in [5, 5.41) is 9.15. The number of carbonyl (C=O) groups excluding carboxylic acids is 1. The van der Waals surface area contributed by atoms with Crippen molar-refractivity contribution in [2.75, 3.05) is 6.61 Å². The smallest absolute Gasteiger partial charge is 0.326 e. The van der Waals surface area contributed by atoms with Gasteiger partial charge in [0.2, 0.25) is 0 Å². The second kappa shape index (κ2) is 4.97. The number of esters is 1. The normalized spacial score (nSPS) is 23.9. The predicted octanol–water partition coefficient (Wildman–Crippen LogP) is 2.44. The van der Waals surface area contributed by atoms with E-state index in [2.05, 4.69) is 6.07 Å². The zero-order chi connectivity index (χ0) is 11.3. The van der Waals surface area contributed by atoms with Gasteiger partial charge < -0.3 is 4.74 Å². The first-order chi connectivity index (χ1) is 7.15. The van der Waals surface area contributed by atoms with Crippen LogP contribution in [0.2, 0.25) is 0 Å². The highest BCUT2D eigenvalue weighted by atomic mass is 16.5. The van der Waals surface area contributed by atoms with E-state index in [1.165, 1.54) is 0 Å².